The zero-order chi connectivity index (χ0) is 21.4. The van der Waals surface area contributed by atoms with Crippen LogP contribution in [0.15, 0.2) is 79.0 Å². The molecule has 1 aromatic heterocycles. The molecule has 1 aliphatic rings. The van der Waals surface area contributed by atoms with E-state index in [2.05, 4.69) is 58.5 Å². The van der Waals surface area contributed by atoms with Crippen LogP contribution in [-0.4, -0.2) is 16.6 Å². The van der Waals surface area contributed by atoms with E-state index < -0.39 is 0 Å². The van der Waals surface area contributed by atoms with Crippen molar-refractivity contribution in [3.05, 3.63) is 95.7 Å². The molecular formula is C27H26N2O2. The second kappa shape index (κ2) is 7.95. The highest BCUT2D eigenvalue weighted by Gasteiger charge is 2.27. The highest BCUT2D eigenvalue weighted by Crippen LogP contribution is 2.41. The molecule has 4 aromatic rings. The molecule has 1 amide bonds. The summed E-state index contributed by atoms with van der Waals surface area (Å²) in [6.07, 6.45) is 2.78. The molecule has 31 heavy (non-hydrogen) atoms. The van der Waals surface area contributed by atoms with E-state index in [-0.39, 0.29) is 17.9 Å². The van der Waals surface area contributed by atoms with E-state index in [9.17, 15) is 4.79 Å². The number of anilines is 1. The van der Waals surface area contributed by atoms with Crippen molar-refractivity contribution in [1.82, 2.24) is 4.57 Å². The Balaban J connectivity index is 1.60. The summed E-state index contributed by atoms with van der Waals surface area (Å²) in [6, 6.07) is 24.8. The fourth-order valence-corrected chi connectivity index (χ4v) is 4.51. The normalized spacial score (nSPS) is 15.7. The number of hydrogen-bond acceptors (Lipinski definition) is 2. The van der Waals surface area contributed by atoms with E-state index in [0.29, 0.717) is 6.42 Å². The largest absolute Gasteiger partial charge is 0.491 e. The van der Waals surface area contributed by atoms with Crippen LogP contribution in [0.2, 0.25) is 0 Å². The van der Waals surface area contributed by atoms with Crippen LogP contribution in [0.25, 0.3) is 10.9 Å². The van der Waals surface area contributed by atoms with Crippen LogP contribution in [0.4, 0.5) is 5.69 Å². The van der Waals surface area contributed by atoms with E-state index in [1.807, 2.05) is 44.2 Å². The monoisotopic (exact) mass is 410 g/mol. The van der Waals surface area contributed by atoms with Gasteiger partial charge in [-0.15, -0.1) is 0 Å². The number of hydrogen-bond donors (Lipinski definition) is 1. The van der Waals surface area contributed by atoms with E-state index >= 15 is 0 Å². The Labute approximate surface area is 182 Å². The number of rotatable bonds is 5. The lowest BCUT2D eigenvalue weighted by molar-refractivity contribution is -0.116. The zero-order valence-electron chi connectivity index (χ0n) is 17.8. The summed E-state index contributed by atoms with van der Waals surface area (Å²) in [4.78, 5) is 12.7. The number of benzene rings is 3. The molecule has 0 aliphatic carbocycles. The highest BCUT2D eigenvalue weighted by molar-refractivity contribution is 6.06. The van der Waals surface area contributed by atoms with Crippen LogP contribution in [0.5, 0.6) is 5.75 Å². The average Bonchev–Trinajstić information content (AvgIpc) is 3.05. The number of amides is 1. The standard InChI is InChI=1S/C27H26N2O2/c1-18(2)31-21-13-11-20(12-14-21)22-15-26(30)28-24-9-6-10-25-27(24)23(22)17-29(25)16-19-7-4-3-5-8-19/h3-14,17-18,22H,15-16H2,1-2H3,(H,28,30). The fraction of sp³-hybridized carbons (Fsp3) is 0.222. The van der Waals surface area contributed by atoms with Gasteiger partial charge < -0.3 is 14.6 Å². The first-order chi connectivity index (χ1) is 15.1. The van der Waals surface area contributed by atoms with Gasteiger partial charge in [0.1, 0.15) is 5.75 Å². The van der Waals surface area contributed by atoms with Crippen LogP contribution >= 0.6 is 0 Å². The van der Waals surface area contributed by atoms with Crippen LogP contribution in [0.1, 0.15) is 42.9 Å². The van der Waals surface area contributed by atoms with E-state index in [1.54, 1.807) is 0 Å². The minimum Gasteiger partial charge on any atom is -0.491 e. The lowest BCUT2D eigenvalue weighted by atomic mass is 9.88. The van der Waals surface area contributed by atoms with Crippen molar-refractivity contribution in [3.63, 3.8) is 0 Å². The van der Waals surface area contributed by atoms with Crippen molar-refractivity contribution in [2.45, 2.75) is 38.8 Å². The Morgan fingerprint density at radius 2 is 1.77 bits per heavy atom. The minimum atomic E-state index is -0.00345. The number of nitrogens with one attached hydrogen (secondary N) is 1. The molecule has 4 nitrogen and oxygen atoms in total. The molecule has 0 spiro atoms. The number of ether oxygens (including phenoxy) is 1. The molecule has 1 N–H and O–H groups in total. The summed E-state index contributed by atoms with van der Waals surface area (Å²) in [7, 11) is 0. The van der Waals surface area contributed by atoms with Gasteiger partial charge in [0.05, 0.1) is 17.3 Å². The zero-order valence-corrected chi connectivity index (χ0v) is 17.8. The Morgan fingerprint density at radius 1 is 1.00 bits per heavy atom. The van der Waals surface area contributed by atoms with Crippen molar-refractivity contribution >= 4 is 22.5 Å². The molecule has 0 saturated heterocycles. The van der Waals surface area contributed by atoms with Gasteiger partial charge in [0, 0.05) is 30.5 Å². The maximum Gasteiger partial charge on any atom is 0.225 e. The predicted octanol–water partition coefficient (Wildman–Crippen LogP) is 5.95. The maximum absolute atomic E-state index is 12.7. The molecule has 156 valence electrons. The summed E-state index contributed by atoms with van der Waals surface area (Å²) in [5.41, 5.74) is 5.61. The van der Waals surface area contributed by atoms with Gasteiger partial charge in [0.25, 0.3) is 0 Å². The fourth-order valence-electron chi connectivity index (χ4n) is 4.51. The van der Waals surface area contributed by atoms with E-state index in [0.717, 1.165) is 34.4 Å². The summed E-state index contributed by atoms with van der Waals surface area (Å²) >= 11 is 0. The predicted molar refractivity (Wildman–Crippen MR) is 125 cm³/mol. The van der Waals surface area contributed by atoms with Crippen LogP contribution in [-0.2, 0) is 11.3 Å². The van der Waals surface area contributed by atoms with E-state index in [4.69, 9.17) is 4.74 Å². The van der Waals surface area contributed by atoms with Gasteiger partial charge in [0.2, 0.25) is 5.91 Å². The number of nitrogens with zero attached hydrogens (tertiary/aromatic N) is 1. The Hall–Kier alpha value is -3.53. The smallest absolute Gasteiger partial charge is 0.225 e. The van der Waals surface area contributed by atoms with Crippen molar-refractivity contribution in [2.24, 2.45) is 0 Å². The quantitative estimate of drug-likeness (QED) is 0.442. The number of carbonyl (C=O) groups is 1. The number of aromatic nitrogens is 1. The molecule has 0 fully saturated rings. The molecule has 1 unspecified atom stereocenters. The average molecular weight is 411 g/mol. The van der Waals surface area contributed by atoms with Gasteiger partial charge in [-0.3, -0.25) is 4.79 Å². The third kappa shape index (κ3) is 3.81. The molecule has 3 aromatic carbocycles. The molecule has 4 heteroatoms. The van der Waals surface area contributed by atoms with Gasteiger partial charge in [-0.05, 0) is 54.8 Å². The van der Waals surface area contributed by atoms with Crippen LogP contribution < -0.4 is 10.1 Å². The first-order valence-corrected chi connectivity index (χ1v) is 10.8. The van der Waals surface area contributed by atoms with Crippen molar-refractivity contribution in [3.8, 4) is 5.75 Å². The van der Waals surface area contributed by atoms with Gasteiger partial charge in [-0.2, -0.15) is 0 Å². The van der Waals surface area contributed by atoms with Gasteiger partial charge in [-0.1, -0.05) is 48.5 Å². The molecular weight excluding hydrogens is 384 g/mol. The first kappa shape index (κ1) is 19.4. The van der Waals surface area contributed by atoms with Gasteiger partial charge >= 0.3 is 0 Å². The second-order valence-corrected chi connectivity index (χ2v) is 8.44. The molecule has 0 saturated carbocycles. The molecule has 0 bridgehead atoms. The second-order valence-electron chi connectivity index (χ2n) is 8.44. The molecule has 0 radical (unpaired) electrons. The maximum atomic E-state index is 12.7. The van der Waals surface area contributed by atoms with Crippen molar-refractivity contribution < 1.29 is 9.53 Å². The highest BCUT2D eigenvalue weighted by atomic mass is 16.5. The van der Waals surface area contributed by atoms with Crippen LogP contribution in [0, 0.1) is 0 Å². The molecule has 1 atom stereocenters. The van der Waals surface area contributed by atoms with Crippen LogP contribution in [0.3, 0.4) is 0 Å². The third-order valence-corrected chi connectivity index (χ3v) is 5.82. The summed E-state index contributed by atoms with van der Waals surface area (Å²) < 4.78 is 8.10. The summed E-state index contributed by atoms with van der Waals surface area (Å²) in [6.45, 7) is 4.84. The lowest BCUT2D eigenvalue weighted by Crippen LogP contribution is -2.14. The Kier molecular flexibility index (Phi) is 4.99. The summed E-state index contributed by atoms with van der Waals surface area (Å²) in [5.74, 6) is 0.895. The number of carbonyl (C=O) groups excluding carboxylic acids is 1. The SMILES string of the molecule is CC(C)Oc1ccc(C2CC(=O)Nc3cccc4c3c2cn4Cc2ccccc2)cc1. The van der Waals surface area contributed by atoms with Gasteiger partial charge in [-0.25, -0.2) is 0 Å². The molecule has 1 aliphatic heterocycles. The van der Waals surface area contributed by atoms with Crippen molar-refractivity contribution in [2.75, 3.05) is 5.32 Å². The topological polar surface area (TPSA) is 43.3 Å². The minimum absolute atomic E-state index is 0.00345. The van der Waals surface area contributed by atoms with Crippen molar-refractivity contribution in [1.29, 1.82) is 0 Å². The Bertz CT molecular complexity index is 1220. The first-order valence-electron chi connectivity index (χ1n) is 10.8. The van der Waals surface area contributed by atoms with Gasteiger partial charge in [0.15, 0.2) is 0 Å². The van der Waals surface area contributed by atoms with E-state index in [1.165, 1.54) is 11.1 Å². The lowest BCUT2D eigenvalue weighted by Gasteiger charge is -2.16. The molecule has 5 rings (SSSR count). The Morgan fingerprint density at radius 3 is 2.52 bits per heavy atom. The third-order valence-electron chi connectivity index (χ3n) is 5.82. The molecule has 2 heterocycles. The summed E-state index contributed by atoms with van der Waals surface area (Å²) in [5, 5.41) is 4.26.